The zero-order chi connectivity index (χ0) is 34.8. The Hall–Kier alpha value is -6.39. The van der Waals surface area contributed by atoms with E-state index in [0.29, 0.717) is 35.1 Å². The molecule has 0 amide bonds. The van der Waals surface area contributed by atoms with Crippen molar-refractivity contribution in [1.29, 1.82) is 0 Å². The summed E-state index contributed by atoms with van der Waals surface area (Å²) in [6, 6.07) is 47.5. The van der Waals surface area contributed by atoms with E-state index in [2.05, 4.69) is 115 Å². The van der Waals surface area contributed by atoms with E-state index in [4.69, 9.17) is 15.0 Å². The summed E-state index contributed by atoms with van der Waals surface area (Å²) in [7, 11) is 0. The van der Waals surface area contributed by atoms with E-state index in [-0.39, 0.29) is 0 Å². The monoisotopic (exact) mass is 679 g/mol. The summed E-state index contributed by atoms with van der Waals surface area (Å²) >= 11 is 0. The van der Waals surface area contributed by atoms with Gasteiger partial charge in [-0.05, 0) is 104 Å². The molecule has 6 aromatic carbocycles. The summed E-state index contributed by atoms with van der Waals surface area (Å²) in [5.74, 6) is 3.05. The topological polar surface area (TPSA) is 58.9 Å². The van der Waals surface area contributed by atoms with Crippen LogP contribution >= 0.6 is 0 Å². The Morgan fingerprint density at radius 1 is 0.509 bits per heavy atom. The maximum absolute atomic E-state index is 10.9. The molecular formula is C49H33N3O. The van der Waals surface area contributed by atoms with Gasteiger partial charge in [-0.2, -0.15) is 0 Å². The predicted octanol–water partition coefficient (Wildman–Crippen LogP) is 11.3. The van der Waals surface area contributed by atoms with E-state index in [1.54, 1.807) is 0 Å². The van der Waals surface area contributed by atoms with Crippen LogP contribution < -0.4 is 0 Å². The first-order valence-electron chi connectivity index (χ1n) is 18.7. The average molecular weight is 680 g/mol. The molecule has 1 spiro atoms. The van der Waals surface area contributed by atoms with E-state index in [9.17, 15) is 5.11 Å². The molecule has 3 unspecified atom stereocenters. The van der Waals surface area contributed by atoms with Crippen LogP contribution in [0.4, 0.5) is 0 Å². The zero-order valence-electron chi connectivity index (χ0n) is 28.9. The van der Waals surface area contributed by atoms with Gasteiger partial charge in [0.15, 0.2) is 17.5 Å². The SMILES string of the molecule is Oc1cccc2c1C1CC1c1c(-c3nc(-c4ccccc4)nc(-c4ccc5c(c4)C4(C6=C(CCC=C6)c6ccccc64)c4ccccc4-5)n3)cccc1-2. The standard InChI is InChI=1S/C49H33N3O/c53-43-23-11-18-35-34-17-10-19-36(44(34)37-27-38(37)45(35)43)48-51-46(28-12-2-1-3-13-28)50-47(52-48)29-24-25-33-32-16-6-9-22-41(32)49(42(33)26-29)39-20-7-4-14-30(39)31-15-5-8-21-40(31)49/h1-4,6-14,16-26,37-38,53H,5,15,27H2. The van der Waals surface area contributed by atoms with E-state index in [1.807, 2.05) is 30.3 Å². The second kappa shape index (κ2) is 10.6. The fourth-order valence-electron chi connectivity index (χ4n) is 10.3. The lowest BCUT2D eigenvalue weighted by molar-refractivity contribution is 0.468. The lowest BCUT2D eigenvalue weighted by atomic mass is 9.69. The number of hydrogen-bond donors (Lipinski definition) is 1. The van der Waals surface area contributed by atoms with Crippen molar-refractivity contribution in [1.82, 2.24) is 15.0 Å². The summed E-state index contributed by atoms with van der Waals surface area (Å²) in [5.41, 5.74) is 18.0. The number of allylic oxidation sites excluding steroid dienone is 4. The predicted molar refractivity (Wildman–Crippen MR) is 210 cm³/mol. The minimum Gasteiger partial charge on any atom is -0.508 e. The number of rotatable bonds is 3. The Kier molecular flexibility index (Phi) is 5.83. The molecule has 4 nitrogen and oxygen atoms in total. The second-order valence-corrected chi connectivity index (χ2v) is 15.1. The number of phenolic OH excluding ortho intramolecular Hbond substituents is 1. The molecule has 1 aromatic heterocycles. The van der Waals surface area contributed by atoms with Crippen molar-refractivity contribution in [2.45, 2.75) is 36.5 Å². The smallest absolute Gasteiger partial charge is 0.164 e. The van der Waals surface area contributed by atoms with Gasteiger partial charge in [-0.3, -0.25) is 0 Å². The Balaban J connectivity index is 1.10. The van der Waals surface area contributed by atoms with E-state index in [0.717, 1.165) is 52.6 Å². The molecule has 4 heteroatoms. The minimum absolute atomic E-state index is 0.312. The molecule has 5 aliphatic rings. The highest BCUT2D eigenvalue weighted by Gasteiger charge is 2.52. The molecule has 53 heavy (non-hydrogen) atoms. The van der Waals surface area contributed by atoms with Gasteiger partial charge in [0.25, 0.3) is 0 Å². The fraction of sp³-hybridized carbons (Fsp3) is 0.122. The molecule has 250 valence electrons. The summed E-state index contributed by atoms with van der Waals surface area (Å²) < 4.78 is 0. The first kappa shape index (κ1) is 29.2. The third-order valence-corrected chi connectivity index (χ3v) is 12.5. The van der Waals surface area contributed by atoms with Crippen molar-refractivity contribution in [3.05, 3.63) is 185 Å². The van der Waals surface area contributed by atoms with Crippen LogP contribution in [-0.4, -0.2) is 20.1 Å². The van der Waals surface area contributed by atoms with E-state index < -0.39 is 5.41 Å². The third kappa shape index (κ3) is 3.88. The first-order chi connectivity index (χ1) is 26.2. The lowest BCUT2D eigenvalue weighted by Gasteiger charge is -2.32. The van der Waals surface area contributed by atoms with Crippen molar-refractivity contribution in [2.24, 2.45) is 0 Å². The minimum atomic E-state index is -0.401. The third-order valence-electron chi connectivity index (χ3n) is 12.5. The number of aromatic nitrogens is 3. The molecule has 0 saturated heterocycles. The molecule has 0 bridgehead atoms. The molecule has 1 fully saturated rings. The zero-order valence-corrected chi connectivity index (χ0v) is 28.9. The van der Waals surface area contributed by atoms with Crippen LogP contribution in [0.3, 0.4) is 0 Å². The maximum atomic E-state index is 10.9. The van der Waals surface area contributed by atoms with Gasteiger partial charge < -0.3 is 5.11 Å². The van der Waals surface area contributed by atoms with Crippen LogP contribution in [-0.2, 0) is 5.41 Å². The summed E-state index contributed by atoms with van der Waals surface area (Å²) in [4.78, 5) is 15.8. The highest BCUT2D eigenvalue weighted by atomic mass is 16.3. The summed E-state index contributed by atoms with van der Waals surface area (Å²) in [6.07, 6.45) is 7.87. The first-order valence-corrected chi connectivity index (χ1v) is 18.7. The van der Waals surface area contributed by atoms with Gasteiger partial charge in [0.05, 0.1) is 5.41 Å². The van der Waals surface area contributed by atoms with Crippen LogP contribution in [0.5, 0.6) is 5.75 Å². The molecule has 3 atom stereocenters. The van der Waals surface area contributed by atoms with Crippen molar-refractivity contribution >= 4 is 5.57 Å². The fourth-order valence-corrected chi connectivity index (χ4v) is 10.3. The average Bonchev–Trinajstić information content (AvgIpc) is 3.90. The highest BCUT2D eigenvalue weighted by molar-refractivity contribution is 5.97. The van der Waals surface area contributed by atoms with Crippen LogP contribution in [0.1, 0.15) is 64.5 Å². The molecule has 1 N–H and O–H groups in total. The van der Waals surface area contributed by atoms with Gasteiger partial charge in [-0.25, -0.2) is 15.0 Å². The van der Waals surface area contributed by atoms with Gasteiger partial charge in [-0.1, -0.05) is 133 Å². The number of benzene rings is 6. The normalized spacial score (nSPS) is 20.6. The largest absolute Gasteiger partial charge is 0.508 e. The number of fused-ring (bicyclic) bond motifs is 15. The number of phenols is 1. The molecule has 1 saturated carbocycles. The number of hydrogen-bond acceptors (Lipinski definition) is 4. The van der Waals surface area contributed by atoms with Gasteiger partial charge in [0.1, 0.15) is 5.75 Å². The second-order valence-electron chi connectivity index (χ2n) is 15.1. The van der Waals surface area contributed by atoms with Crippen LogP contribution in [0, 0.1) is 0 Å². The van der Waals surface area contributed by atoms with Gasteiger partial charge in [-0.15, -0.1) is 0 Å². The molecule has 0 radical (unpaired) electrons. The summed E-state index contributed by atoms with van der Waals surface area (Å²) in [5, 5.41) is 10.9. The molecule has 5 aliphatic carbocycles. The van der Waals surface area contributed by atoms with E-state index >= 15 is 0 Å². The van der Waals surface area contributed by atoms with Crippen molar-refractivity contribution in [2.75, 3.05) is 0 Å². The van der Waals surface area contributed by atoms with Crippen LogP contribution in [0.15, 0.2) is 151 Å². The molecule has 0 aliphatic heterocycles. The van der Waals surface area contributed by atoms with Crippen molar-refractivity contribution in [3.63, 3.8) is 0 Å². The Morgan fingerprint density at radius 2 is 1.13 bits per heavy atom. The van der Waals surface area contributed by atoms with E-state index in [1.165, 1.54) is 50.1 Å². The van der Waals surface area contributed by atoms with Crippen LogP contribution in [0.25, 0.3) is 62.0 Å². The lowest BCUT2D eigenvalue weighted by Crippen LogP contribution is -2.27. The Labute approximate surface area is 307 Å². The Bertz CT molecular complexity index is 2800. The molecule has 7 aromatic rings. The molecular weight excluding hydrogens is 647 g/mol. The Morgan fingerprint density at radius 3 is 1.98 bits per heavy atom. The van der Waals surface area contributed by atoms with Gasteiger partial charge in [0, 0.05) is 22.3 Å². The maximum Gasteiger partial charge on any atom is 0.164 e. The number of aromatic hydroxyl groups is 1. The highest BCUT2D eigenvalue weighted by Crippen LogP contribution is 2.66. The summed E-state index contributed by atoms with van der Waals surface area (Å²) in [6.45, 7) is 0. The van der Waals surface area contributed by atoms with Crippen molar-refractivity contribution < 1.29 is 5.11 Å². The molecule has 1 heterocycles. The van der Waals surface area contributed by atoms with Gasteiger partial charge >= 0.3 is 0 Å². The van der Waals surface area contributed by atoms with Crippen molar-refractivity contribution in [3.8, 4) is 62.2 Å². The number of nitrogens with zero attached hydrogens (tertiary/aromatic N) is 3. The quantitative estimate of drug-likeness (QED) is 0.202. The van der Waals surface area contributed by atoms with Gasteiger partial charge in [0.2, 0.25) is 0 Å². The molecule has 12 rings (SSSR count). The van der Waals surface area contributed by atoms with Crippen LogP contribution in [0.2, 0.25) is 0 Å².